The molecule has 0 aromatic heterocycles. The summed E-state index contributed by atoms with van der Waals surface area (Å²) in [5, 5.41) is 11.4. The van der Waals surface area contributed by atoms with Crippen LogP contribution < -0.4 is 14.4 Å². The van der Waals surface area contributed by atoms with Gasteiger partial charge in [0.1, 0.15) is 5.75 Å². The number of hydrogen-bond acceptors (Lipinski definition) is 5. The molecule has 8 heteroatoms. The van der Waals surface area contributed by atoms with Gasteiger partial charge in [-0.3, -0.25) is 9.52 Å². The monoisotopic (exact) mass is 568 g/mol. The molecular formula is C31H37ClN2O4S. The number of benzene rings is 2. The summed E-state index contributed by atoms with van der Waals surface area (Å²) in [5.41, 5.74) is 3.67. The molecule has 2 aliphatic heterocycles. The Hall–Kier alpha value is -2.48. The minimum atomic E-state index is -2.90. The van der Waals surface area contributed by atoms with Crippen molar-refractivity contribution in [2.24, 2.45) is 11.8 Å². The molecule has 0 radical (unpaired) electrons. The molecule has 1 unspecified atom stereocenters. The normalized spacial score (nSPS) is 35.2. The highest BCUT2D eigenvalue weighted by atomic mass is 35.5. The molecule has 1 spiro atoms. The van der Waals surface area contributed by atoms with Crippen LogP contribution in [0.5, 0.6) is 5.75 Å². The summed E-state index contributed by atoms with van der Waals surface area (Å²) in [6, 6.07) is 11.7. The van der Waals surface area contributed by atoms with Gasteiger partial charge >= 0.3 is 0 Å². The zero-order valence-corrected chi connectivity index (χ0v) is 24.0. The van der Waals surface area contributed by atoms with Crippen LogP contribution in [-0.2, 0) is 21.5 Å². The zero-order chi connectivity index (χ0) is 27.4. The number of amides is 1. The third-order valence-corrected chi connectivity index (χ3v) is 11.6. The van der Waals surface area contributed by atoms with Crippen LogP contribution in [-0.4, -0.2) is 52.1 Å². The maximum absolute atomic E-state index is 13.3. The molecule has 1 fully saturated rings. The van der Waals surface area contributed by atoms with Crippen molar-refractivity contribution >= 4 is 38.8 Å². The van der Waals surface area contributed by atoms with E-state index in [-0.39, 0.29) is 16.6 Å². The van der Waals surface area contributed by atoms with Crippen molar-refractivity contribution < 1.29 is 18.8 Å². The maximum Gasteiger partial charge on any atom is 0.262 e. The quantitative estimate of drug-likeness (QED) is 0.349. The van der Waals surface area contributed by atoms with E-state index in [1.54, 1.807) is 6.07 Å². The van der Waals surface area contributed by atoms with Crippen molar-refractivity contribution in [3.05, 3.63) is 70.3 Å². The molecule has 2 heterocycles. The first-order chi connectivity index (χ1) is 18.6. The van der Waals surface area contributed by atoms with Crippen molar-refractivity contribution in [1.82, 2.24) is 4.72 Å². The number of anilines is 1. The Morgan fingerprint density at radius 2 is 2.08 bits per heavy atom. The van der Waals surface area contributed by atoms with Gasteiger partial charge in [-0.05, 0) is 105 Å². The van der Waals surface area contributed by atoms with Crippen LogP contribution in [0.3, 0.4) is 0 Å². The number of aliphatic hydroxyl groups excluding tert-OH is 1. The Kier molecular flexibility index (Phi) is 6.97. The Bertz CT molecular complexity index is 1420. The van der Waals surface area contributed by atoms with Gasteiger partial charge in [0.25, 0.3) is 5.91 Å². The van der Waals surface area contributed by atoms with E-state index in [2.05, 4.69) is 27.6 Å². The summed E-state index contributed by atoms with van der Waals surface area (Å²) in [7, 11) is -2.90. The number of rotatable bonds is 0. The van der Waals surface area contributed by atoms with Crippen molar-refractivity contribution in [3.8, 4) is 5.75 Å². The number of ether oxygens (including phenoxy) is 1. The number of nitrogens with one attached hydrogen (secondary N) is 1. The minimum Gasteiger partial charge on any atom is -0.490 e. The highest BCUT2D eigenvalue weighted by Gasteiger charge is 2.44. The van der Waals surface area contributed by atoms with Crippen LogP contribution >= 0.6 is 11.6 Å². The molecule has 0 saturated heterocycles. The third-order valence-electron chi connectivity index (χ3n) is 9.39. The lowest BCUT2D eigenvalue weighted by atomic mass is 9.68. The molecule has 1 amide bonds. The summed E-state index contributed by atoms with van der Waals surface area (Å²) in [6.07, 6.45) is 8.71. The van der Waals surface area contributed by atoms with Gasteiger partial charge in [0, 0.05) is 34.3 Å². The second-order valence-corrected chi connectivity index (χ2v) is 14.8. The molecule has 4 aliphatic rings. The molecule has 2 aromatic carbocycles. The number of nitrogens with zero attached hydrogens (tertiary/aromatic N) is 1. The van der Waals surface area contributed by atoms with E-state index in [0.29, 0.717) is 24.5 Å². The van der Waals surface area contributed by atoms with E-state index >= 15 is 0 Å². The van der Waals surface area contributed by atoms with Crippen molar-refractivity contribution in [3.63, 3.8) is 0 Å². The second-order valence-electron chi connectivity index (χ2n) is 11.9. The van der Waals surface area contributed by atoms with Gasteiger partial charge in [-0.15, -0.1) is 0 Å². The van der Waals surface area contributed by atoms with Gasteiger partial charge in [0.05, 0.1) is 28.1 Å². The van der Waals surface area contributed by atoms with Crippen molar-refractivity contribution in [2.45, 2.75) is 62.2 Å². The van der Waals surface area contributed by atoms with Crippen LogP contribution in [0.25, 0.3) is 0 Å². The Labute approximate surface area is 236 Å². The van der Waals surface area contributed by atoms with Crippen LogP contribution in [0.15, 0.2) is 48.6 Å². The standard InChI is InChI=1S/C31H37ClN2O4S/c1-20-5-3-7-28(35)25-11-8-23(25)17-34-18-31(14-4-6-21-15-24(32)10-12-26(21)31)19-38-29-13-9-22(16-27(29)34)30(36)33-39(20,2)37/h3,7,9-10,12-13,15-16,20,23,25,28,35H,2,4-6,8,11,14,17-19H2,1H3,(H,33,36,37)/b7-3+/t20-,23+,25-,28+,31+,39?/m1/s1. The molecule has 2 bridgehead atoms. The van der Waals surface area contributed by atoms with E-state index in [0.717, 1.165) is 61.7 Å². The van der Waals surface area contributed by atoms with Crippen LogP contribution in [0.4, 0.5) is 5.69 Å². The summed E-state index contributed by atoms with van der Waals surface area (Å²) >= 11 is 6.38. The zero-order valence-electron chi connectivity index (χ0n) is 22.4. The molecule has 39 heavy (non-hydrogen) atoms. The number of carbonyl (C=O) groups is 1. The molecule has 2 aromatic rings. The fourth-order valence-corrected chi connectivity index (χ4v) is 8.08. The fourth-order valence-electron chi connectivity index (χ4n) is 6.83. The summed E-state index contributed by atoms with van der Waals surface area (Å²) in [5.74, 6) is 4.68. The second kappa shape index (κ2) is 10.2. The Morgan fingerprint density at radius 1 is 1.23 bits per heavy atom. The Balaban J connectivity index is 1.43. The molecule has 6 rings (SSSR count). The summed E-state index contributed by atoms with van der Waals surface area (Å²) in [4.78, 5) is 15.7. The summed E-state index contributed by atoms with van der Waals surface area (Å²) < 4.78 is 22.6. The number of fused-ring (bicyclic) bond motifs is 4. The molecule has 208 valence electrons. The lowest BCUT2D eigenvalue weighted by Crippen LogP contribution is -2.49. The first-order valence-corrected chi connectivity index (χ1v) is 16.2. The molecule has 6 atom stereocenters. The van der Waals surface area contributed by atoms with Gasteiger partial charge < -0.3 is 14.7 Å². The fraction of sp³-hybridized carbons (Fsp3) is 0.484. The number of allylic oxidation sites excluding steroid dienone is 1. The van der Waals surface area contributed by atoms with Gasteiger partial charge in [-0.25, -0.2) is 4.21 Å². The minimum absolute atomic E-state index is 0.162. The van der Waals surface area contributed by atoms with E-state index in [4.69, 9.17) is 16.3 Å². The topological polar surface area (TPSA) is 78.9 Å². The number of aliphatic hydroxyl groups is 1. The van der Waals surface area contributed by atoms with Crippen molar-refractivity contribution in [1.29, 1.82) is 0 Å². The van der Waals surface area contributed by atoms with Gasteiger partial charge in [-0.2, -0.15) is 0 Å². The highest BCUT2D eigenvalue weighted by molar-refractivity contribution is 7.99. The van der Waals surface area contributed by atoms with E-state index in [1.807, 2.05) is 37.3 Å². The molecule has 6 nitrogen and oxygen atoms in total. The van der Waals surface area contributed by atoms with E-state index < -0.39 is 21.7 Å². The van der Waals surface area contributed by atoms with Crippen LogP contribution in [0.1, 0.15) is 60.5 Å². The molecule has 1 saturated carbocycles. The van der Waals surface area contributed by atoms with Crippen LogP contribution in [0, 0.1) is 11.8 Å². The van der Waals surface area contributed by atoms with Gasteiger partial charge in [-0.1, -0.05) is 29.8 Å². The van der Waals surface area contributed by atoms with Crippen molar-refractivity contribution in [2.75, 3.05) is 24.6 Å². The maximum atomic E-state index is 13.3. The molecule has 2 aliphatic carbocycles. The average molecular weight is 569 g/mol. The van der Waals surface area contributed by atoms with Gasteiger partial charge in [0.15, 0.2) is 0 Å². The SMILES string of the molecule is C=S1(=O)NC(=O)c2ccc3c(c2)N(C[C@@H]2CC[C@H]2[C@@H](O)/C=C/C[C@H]1C)C[C@@]1(CCCc2cc(Cl)ccc21)CO3. The Morgan fingerprint density at radius 3 is 2.87 bits per heavy atom. The number of carbonyl (C=O) groups excluding carboxylic acids is 1. The lowest BCUT2D eigenvalue weighted by Gasteiger charge is -2.45. The number of aryl methyl sites for hydroxylation is 1. The molecule has 2 N–H and O–H groups in total. The predicted octanol–water partition coefficient (Wildman–Crippen LogP) is 4.91. The highest BCUT2D eigenvalue weighted by Crippen LogP contribution is 2.46. The van der Waals surface area contributed by atoms with Crippen LogP contribution in [0.2, 0.25) is 5.02 Å². The van der Waals surface area contributed by atoms with E-state index in [1.165, 1.54) is 11.1 Å². The smallest absolute Gasteiger partial charge is 0.262 e. The van der Waals surface area contributed by atoms with Gasteiger partial charge in [0.2, 0.25) is 0 Å². The van der Waals surface area contributed by atoms with E-state index in [9.17, 15) is 14.1 Å². The summed E-state index contributed by atoms with van der Waals surface area (Å²) in [6.45, 7) is 3.88. The molecular weight excluding hydrogens is 532 g/mol. The largest absolute Gasteiger partial charge is 0.490 e. The first kappa shape index (κ1) is 26.7. The predicted molar refractivity (Wildman–Crippen MR) is 158 cm³/mol. The third kappa shape index (κ3) is 4.98. The number of hydrogen-bond donors (Lipinski definition) is 2. The average Bonchev–Trinajstić information content (AvgIpc) is 3.02. The first-order valence-electron chi connectivity index (χ1n) is 14.0. The lowest BCUT2D eigenvalue weighted by molar-refractivity contribution is 0.0456. The number of halogens is 1.